The minimum Gasteiger partial charge on any atom is -0.485 e. The highest BCUT2D eigenvalue weighted by atomic mass is 35.5. The summed E-state index contributed by atoms with van der Waals surface area (Å²) < 4.78 is 46.1. The number of hydrogen-bond acceptors (Lipinski definition) is 3. The molecule has 26 heavy (non-hydrogen) atoms. The lowest BCUT2D eigenvalue weighted by molar-refractivity contribution is -0.144. The Morgan fingerprint density at radius 1 is 1.23 bits per heavy atom. The Morgan fingerprint density at radius 3 is 2.50 bits per heavy atom. The van der Waals surface area contributed by atoms with Gasteiger partial charge in [0, 0.05) is 23.7 Å². The molecule has 5 nitrogen and oxygen atoms in total. The van der Waals surface area contributed by atoms with E-state index in [4.69, 9.17) is 16.3 Å². The molecular weight excluding hydrogens is 373 g/mol. The quantitative estimate of drug-likeness (QED) is 0.753. The van der Waals surface area contributed by atoms with E-state index in [0.717, 1.165) is 7.05 Å². The average Bonchev–Trinajstić information content (AvgIpc) is 2.51. The van der Waals surface area contributed by atoms with E-state index in [0.29, 0.717) is 38.6 Å². The van der Waals surface area contributed by atoms with Gasteiger partial charge in [0.25, 0.3) is 5.56 Å². The van der Waals surface area contributed by atoms with Crippen LogP contribution in [0.2, 0.25) is 5.02 Å². The van der Waals surface area contributed by atoms with Gasteiger partial charge in [0.15, 0.2) is 0 Å². The molecule has 0 saturated heterocycles. The normalized spacial score (nSPS) is 16.1. The first-order valence-electron chi connectivity index (χ1n) is 7.83. The maximum absolute atomic E-state index is 13.0. The van der Waals surface area contributed by atoms with Crippen LogP contribution < -0.4 is 16.0 Å². The molecule has 0 atom stereocenters. The van der Waals surface area contributed by atoms with Crippen LogP contribution in [0.25, 0.3) is 5.69 Å². The topological polar surface area (TPSA) is 53.2 Å². The summed E-state index contributed by atoms with van der Waals surface area (Å²) >= 11 is 6.19. The fourth-order valence-corrected chi connectivity index (χ4v) is 3.23. The molecule has 0 aliphatic carbocycles. The van der Waals surface area contributed by atoms with Crippen molar-refractivity contribution in [1.29, 1.82) is 0 Å². The van der Waals surface area contributed by atoms with Crippen LogP contribution >= 0.6 is 11.6 Å². The zero-order valence-electron chi connectivity index (χ0n) is 14.3. The van der Waals surface area contributed by atoms with E-state index >= 15 is 0 Å². The van der Waals surface area contributed by atoms with Crippen molar-refractivity contribution in [2.24, 2.45) is 7.05 Å². The molecule has 1 aromatic heterocycles. The largest absolute Gasteiger partial charge is 0.485 e. The summed E-state index contributed by atoms with van der Waals surface area (Å²) in [6, 6.07) is 3.30. The van der Waals surface area contributed by atoms with Crippen molar-refractivity contribution in [2.75, 3.05) is 0 Å². The lowest BCUT2D eigenvalue weighted by atomic mass is 9.93. The summed E-state index contributed by atoms with van der Waals surface area (Å²) in [6.45, 7) is 3.68. The first-order valence-corrected chi connectivity index (χ1v) is 8.21. The van der Waals surface area contributed by atoms with E-state index in [9.17, 15) is 22.8 Å². The third-order valence-corrected chi connectivity index (χ3v) is 4.74. The summed E-state index contributed by atoms with van der Waals surface area (Å²) in [7, 11) is 0.967. The fourth-order valence-electron chi connectivity index (χ4n) is 2.99. The zero-order chi connectivity index (χ0) is 19.4. The number of rotatable bonds is 1. The molecular formula is C17H16ClF3N2O3. The number of halogens is 4. The minimum absolute atomic E-state index is 0.0801. The van der Waals surface area contributed by atoms with E-state index in [1.807, 2.05) is 13.8 Å². The molecule has 9 heteroatoms. The van der Waals surface area contributed by atoms with Gasteiger partial charge in [-0.25, -0.2) is 9.36 Å². The molecule has 0 spiro atoms. The Labute approximate surface area is 151 Å². The molecule has 1 aromatic carbocycles. The van der Waals surface area contributed by atoms with E-state index in [-0.39, 0.29) is 11.4 Å². The molecule has 0 bridgehead atoms. The Hall–Kier alpha value is -2.22. The van der Waals surface area contributed by atoms with Gasteiger partial charge in [0.05, 0.1) is 5.69 Å². The van der Waals surface area contributed by atoms with Gasteiger partial charge in [-0.05, 0) is 38.8 Å². The molecule has 0 fully saturated rings. The van der Waals surface area contributed by atoms with Crippen LogP contribution in [0, 0.1) is 0 Å². The van der Waals surface area contributed by atoms with Crippen LogP contribution in [0.5, 0.6) is 5.75 Å². The standard InChI is InChI=1S/C17H16ClF3N2O3/c1-16(2)7-6-9-10(18)4-5-11(14(9)26-16)23-13(24)8-12(17(19,20)21)22(3)15(23)25/h4-5,8H,6-7H2,1-3H3. The van der Waals surface area contributed by atoms with Gasteiger partial charge in [-0.3, -0.25) is 9.36 Å². The smallest absolute Gasteiger partial charge is 0.431 e. The summed E-state index contributed by atoms with van der Waals surface area (Å²) in [5.41, 5.74) is -3.37. The SMILES string of the molecule is Cn1c(C(F)(F)F)cc(=O)n(-c2ccc(Cl)c3c2OC(C)(C)CC3)c1=O. The Balaban J connectivity index is 2.32. The van der Waals surface area contributed by atoms with E-state index in [1.165, 1.54) is 12.1 Å². The van der Waals surface area contributed by atoms with Gasteiger partial charge in [-0.1, -0.05) is 11.6 Å². The Morgan fingerprint density at radius 2 is 1.88 bits per heavy atom. The number of alkyl halides is 3. The third-order valence-electron chi connectivity index (χ3n) is 4.39. The molecule has 0 saturated carbocycles. The lowest BCUT2D eigenvalue weighted by Crippen LogP contribution is -2.41. The highest BCUT2D eigenvalue weighted by Gasteiger charge is 2.36. The predicted octanol–water partition coefficient (Wildman–Crippen LogP) is 3.31. The zero-order valence-corrected chi connectivity index (χ0v) is 15.0. The van der Waals surface area contributed by atoms with Gasteiger partial charge >= 0.3 is 11.9 Å². The predicted molar refractivity (Wildman–Crippen MR) is 90.3 cm³/mol. The van der Waals surface area contributed by atoms with Crippen LogP contribution in [0.15, 0.2) is 27.8 Å². The van der Waals surface area contributed by atoms with Crippen molar-refractivity contribution in [3.63, 3.8) is 0 Å². The number of hydrogen-bond donors (Lipinski definition) is 0. The van der Waals surface area contributed by atoms with Crippen molar-refractivity contribution in [3.05, 3.63) is 55.3 Å². The molecule has 3 rings (SSSR count). The number of fused-ring (bicyclic) bond motifs is 1. The molecule has 0 radical (unpaired) electrons. The highest BCUT2D eigenvalue weighted by Crippen LogP contribution is 2.40. The molecule has 1 aliphatic rings. The fraction of sp³-hybridized carbons (Fsp3) is 0.412. The van der Waals surface area contributed by atoms with Crippen molar-refractivity contribution < 1.29 is 17.9 Å². The second kappa shape index (κ2) is 5.90. The van der Waals surface area contributed by atoms with Crippen LogP contribution in [0.4, 0.5) is 13.2 Å². The van der Waals surface area contributed by atoms with Gasteiger partial charge in [-0.2, -0.15) is 13.2 Å². The van der Waals surface area contributed by atoms with E-state index < -0.39 is 28.7 Å². The monoisotopic (exact) mass is 388 g/mol. The molecule has 0 amide bonds. The molecule has 0 unspecified atom stereocenters. The third kappa shape index (κ3) is 3.02. The molecule has 0 N–H and O–H groups in total. The minimum atomic E-state index is -4.82. The van der Waals surface area contributed by atoms with Crippen LogP contribution in [-0.2, 0) is 19.6 Å². The first kappa shape index (κ1) is 18.6. The summed E-state index contributed by atoms with van der Waals surface area (Å²) in [4.78, 5) is 24.9. The lowest BCUT2D eigenvalue weighted by Gasteiger charge is -2.34. The summed E-state index contributed by atoms with van der Waals surface area (Å²) in [6.07, 6.45) is -3.59. The first-order chi connectivity index (χ1) is 11.9. The van der Waals surface area contributed by atoms with Crippen molar-refractivity contribution in [3.8, 4) is 11.4 Å². The Bertz CT molecular complexity index is 1010. The van der Waals surface area contributed by atoms with Gasteiger partial charge in [0.2, 0.25) is 0 Å². The van der Waals surface area contributed by atoms with E-state index in [1.54, 1.807) is 0 Å². The number of aromatic nitrogens is 2. The number of nitrogens with zero attached hydrogens (tertiary/aromatic N) is 2. The van der Waals surface area contributed by atoms with Crippen molar-refractivity contribution in [1.82, 2.24) is 9.13 Å². The maximum atomic E-state index is 13.0. The molecule has 2 aromatic rings. The van der Waals surface area contributed by atoms with Crippen LogP contribution in [0.3, 0.4) is 0 Å². The number of ether oxygens (including phenoxy) is 1. The second-order valence-corrected chi connectivity index (χ2v) is 7.19. The van der Waals surface area contributed by atoms with Gasteiger partial charge < -0.3 is 4.74 Å². The molecule has 140 valence electrons. The summed E-state index contributed by atoms with van der Waals surface area (Å²) in [5.74, 6) is 0.243. The van der Waals surface area contributed by atoms with Crippen molar-refractivity contribution >= 4 is 11.6 Å². The second-order valence-electron chi connectivity index (χ2n) is 6.78. The average molecular weight is 389 g/mol. The van der Waals surface area contributed by atoms with Crippen LogP contribution in [0.1, 0.15) is 31.5 Å². The van der Waals surface area contributed by atoms with E-state index in [2.05, 4.69) is 0 Å². The van der Waals surface area contributed by atoms with Crippen molar-refractivity contribution in [2.45, 2.75) is 38.5 Å². The highest BCUT2D eigenvalue weighted by molar-refractivity contribution is 6.31. The molecule has 2 heterocycles. The van der Waals surface area contributed by atoms with Crippen LogP contribution in [-0.4, -0.2) is 14.7 Å². The number of benzene rings is 1. The van der Waals surface area contributed by atoms with Gasteiger partial charge in [-0.15, -0.1) is 0 Å². The molecule has 1 aliphatic heterocycles. The summed E-state index contributed by atoms with van der Waals surface area (Å²) in [5, 5.41) is 0.413. The van der Waals surface area contributed by atoms with Gasteiger partial charge in [0.1, 0.15) is 17.0 Å². The Kier molecular flexibility index (Phi) is 4.22. The maximum Gasteiger partial charge on any atom is 0.431 e.